The predicted molar refractivity (Wildman–Crippen MR) is 257 cm³/mol. The van der Waals surface area contributed by atoms with Crippen molar-refractivity contribution in [2.24, 2.45) is 28.9 Å². The number of methoxy groups -OCH3 is 1. The minimum atomic E-state index is -1.03. The zero-order chi connectivity index (χ0) is 46.9. The Hall–Kier alpha value is -4.45. The van der Waals surface area contributed by atoms with E-state index in [1.54, 1.807) is 7.11 Å². The molecular formula is C50H70N8O7S. The number of hydrogen-bond donors (Lipinski definition) is 3. The zero-order valence-electron chi connectivity index (χ0n) is 40.1. The SMILES string of the molecule is CCO[C@@H]1c2nc(cs2)-c2ccc3c(c2)c(c(-c2cc(N4CCN(C)CC4)cnc2[C@H](C)OC)n3CCOC(C)C)CC2(CC2)COC(=O)[C@@H](N)CCCNC(=O)[C@H]1NC(=O)C1[C@@H](C)[C@H]1C. The first-order valence-electron chi connectivity index (χ1n) is 24.0. The molecule has 3 aromatic heterocycles. The van der Waals surface area contributed by atoms with Crippen molar-refractivity contribution in [3.63, 3.8) is 0 Å². The van der Waals surface area contributed by atoms with Crippen LogP contribution in [0.4, 0.5) is 5.69 Å². The maximum Gasteiger partial charge on any atom is 0.322 e. The van der Waals surface area contributed by atoms with Gasteiger partial charge >= 0.3 is 5.97 Å². The van der Waals surface area contributed by atoms with Gasteiger partial charge in [-0.2, -0.15) is 0 Å². The minimum Gasteiger partial charge on any atom is -0.464 e. The van der Waals surface area contributed by atoms with E-state index < -0.39 is 24.2 Å². The molecule has 1 saturated heterocycles. The number of cyclic esters (lactones) is 1. The normalized spacial score (nSPS) is 25.5. The fourth-order valence-electron chi connectivity index (χ4n) is 9.73. The number of esters is 1. The zero-order valence-corrected chi connectivity index (χ0v) is 40.9. The summed E-state index contributed by atoms with van der Waals surface area (Å²) in [5, 5.41) is 9.71. The van der Waals surface area contributed by atoms with Gasteiger partial charge in [0.05, 0.1) is 54.4 Å². The highest BCUT2D eigenvalue weighted by Gasteiger charge is 2.50. The van der Waals surface area contributed by atoms with Gasteiger partial charge < -0.3 is 49.7 Å². The van der Waals surface area contributed by atoms with E-state index in [9.17, 15) is 14.4 Å². The summed E-state index contributed by atoms with van der Waals surface area (Å²) in [5.41, 5.74) is 14.0. The summed E-state index contributed by atoms with van der Waals surface area (Å²) in [4.78, 5) is 56.4. The lowest BCUT2D eigenvalue weighted by Gasteiger charge is -2.34. The summed E-state index contributed by atoms with van der Waals surface area (Å²) >= 11 is 1.42. The number of nitrogens with one attached hydrogen (secondary N) is 2. The molecule has 2 saturated carbocycles. The molecule has 2 aliphatic heterocycles. The molecule has 1 spiro atoms. The van der Waals surface area contributed by atoms with E-state index in [0.29, 0.717) is 44.0 Å². The largest absolute Gasteiger partial charge is 0.464 e. The number of anilines is 1. The molecule has 3 fully saturated rings. The fraction of sp³-hybridized carbons (Fsp3) is 0.620. The number of ether oxygens (including phenoxy) is 4. The molecule has 1 unspecified atom stereocenters. The van der Waals surface area contributed by atoms with E-state index in [1.165, 1.54) is 11.3 Å². The molecule has 4 bridgehead atoms. The number of benzene rings is 1. The van der Waals surface area contributed by atoms with Crippen molar-refractivity contribution in [2.75, 3.05) is 71.6 Å². The van der Waals surface area contributed by atoms with Gasteiger partial charge in [0, 0.05) is 91.7 Å². The third kappa shape index (κ3) is 10.3. The third-order valence-corrected chi connectivity index (χ3v) is 15.3. The van der Waals surface area contributed by atoms with Crippen molar-refractivity contribution in [3.8, 4) is 22.5 Å². The Morgan fingerprint density at radius 2 is 1.86 bits per heavy atom. The van der Waals surface area contributed by atoms with E-state index in [4.69, 9.17) is 34.6 Å². The Labute approximate surface area is 393 Å². The Balaban J connectivity index is 1.30. The molecule has 2 amide bonds. The molecule has 5 heterocycles. The number of nitrogens with zero attached hydrogens (tertiary/aromatic N) is 5. The summed E-state index contributed by atoms with van der Waals surface area (Å²) in [5.74, 6) is -0.743. The number of amides is 2. The molecule has 4 aliphatic rings. The third-order valence-electron chi connectivity index (χ3n) is 14.4. The summed E-state index contributed by atoms with van der Waals surface area (Å²) in [6, 6.07) is 6.89. The molecule has 0 radical (unpaired) electrons. The van der Waals surface area contributed by atoms with Crippen LogP contribution in [0.2, 0.25) is 0 Å². The lowest BCUT2D eigenvalue weighted by Crippen LogP contribution is -2.51. The standard InChI is InChI=1S/C50H70N8O7S/c1-9-63-45-43(55-46(59)41-30(4)31(41)5)47(60)52-16-10-11-38(51)49(61)65-28-50(14-15-50)25-37-35-23-33(39-27-66-48(45)54-39)12-13-40(35)58(21-22-64-29(2)3)44(37)36-24-34(26-53-42(36)32(6)62-8)57-19-17-56(7)18-20-57/h12-13,23-24,26-27,29-32,38,41,43,45H,9-11,14-22,25,28,51H2,1-8H3,(H,52,60)(H,55,59)/t30-,31+,32-,38-,41?,43-,45-/m0/s1. The highest BCUT2D eigenvalue weighted by Crippen LogP contribution is 2.52. The Kier molecular flexibility index (Phi) is 14.9. The van der Waals surface area contributed by atoms with Crippen LogP contribution in [0.25, 0.3) is 33.4 Å². The second-order valence-corrected chi connectivity index (χ2v) is 20.3. The molecule has 8 rings (SSSR count). The van der Waals surface area contributed by atoms with Gasteiger partial charge in [-0.3, -0.25) is 19.4 Å². The van der Waals surface area contributed by atoms with E-state index in [0.717, 1.165) is 89.4 Å². The maximum atomic E-state index is 14.1. The molecule has 7 atom stereocenters. The average Bonchev–Trinajstić information content (AvgIpc) is 4.08. The number of pyridine rings is 1. The smallest absolute Gasteiger partial charge is 0.322 e. The van der Waals surface area contributed by atoms with Crippen LogP contribution in [0.5, 0.6) is 0 Å². The van der Waals surface area contributed by atoms with Gasteiger partial charge in [0.15, 0.2) is 0 Å². The maximum absolute atomic E-state index is 14.1. The Bertz CT molecular complexity index is 2360. The van der Waals surface area contributed by atoms with Crippen molar-refractivity contribution in [1.82, 2.24) is 30.1 Å². The molecule has 1 aromatic carbocycles. The average molecular weight is 927 g/mol. The highest BCUT2D eigenvalue weighted by molar-refractivity contribution is 7.10. The number of carbonyl (C=O) groups excluding carboxylic acids is 3. The van der Waals surface area contributed by atoms with Crippen LogP contribution in [0.15, 0.2) is 35.8 Å². The Morgan fingerprint density at radius 1 is 1.11 bits per heavy atom. The van der Waals surface area contributed by atoms with Crippen LogP contribution in [-0.2, 0) is 46.3 Å². The fourth-order valence-corrected chi connectivity index (χ4v) is 10.6. The monoisotopic (exact) mass is 927 g/mol. The number of hydrogen-bond acceptors (Lipinski definition) is 13. The van der Waals surface area contributed by atoms with Crippen molar-refractivity contribution in [2.45, 2.75) is 111 Å². The van der Waals surface area contributed by atoms with Crippen LogP contribution in [0, 0.1) is 23.2 Å². The Morgan fingerprint density at radius 3 is 2.55 bits per heavy atom. The number of piperazine rings is 1. The number of fused-ring (bicyclic) bond motifs is 4. The van der Waals surface area contributed by atoms with Gasteiger partial charge in [-0.05, 0) is 102 Å². The second-order valence-electron chi connectivity index (χ2n) is 19.4. The molecule has 4 aromatic rings. The van der Waals surface area contributed by atoms with E-state index >= 15 is 0 Å². The lowest BCUT2D eigenvalue weighted by molar-refractivity contribution is -0.147. The number of thiazole rings is 1. The molecule has 15 nitrogen and oxygen atoms in total. The number of likely N-dealkylation sites (N-methyl/N-ethyl adjacent to an activating group) is 1. The van der Waals surface area contributed by atoms with Crippen LogP contribution in [-0.4, -0.2) is 122 Å². The van der Waals surface area contributed by atoms with E-state index in [1.807, 2.05) is 25.4 Å². The molecule has 358 valence electrons. The van der Waals surface area contributed by atoms with Crippen molar-refractivity contribution < 1.29 is 33.3 Å². The van der Waals surface area contributed by atoms with Gasteiger partial charge in [-0.15, -0.1) is 11.3 Å². The molecule has 4 N–H and O–H groups in total. The second kappa shape index (κ2) is 20.4. The van der Waals surface area contributed by atoms with E-state index in [2.05, 4.69) is 84.0 Å². The van der Waals surface area contributed by atoms with Gasteiger partial charge in [-0.1, -0.05) is 19.9 Å². The van der Waals surface area contributed by atoms with Crippen molar-refractivity contribution in [1.29, 1.82) is 0 Å². The number of nitrogens with two attached hydrogens (primary N) is 1. The van der Waals surface area contributed by atoms with Crippen molar-refractivity contribution in [3.05, 3.63) is 52.1 Å². The van der Waals surface area contributed by atoms with Crippen LogP contribution in [0.1, 0.15) is 95.7 Å². The number of rotatable bonds is 12. The first kappa shape index (κ1) is 48.0. The topological polar surface area (TPSA) is 175 Å². The summed E-state index contributed by atoms with van der Waals surface area (Å²) in [7, 11) is 3.88. The predicted octanol–water partition coefficient (Wildman–Crippen LogP) is 6.28. The molecular weight excluding hydrogens is 857 g/mol. The minimum absolute atomic E-state index is 0.0484. The first-order valence-corrected chi connectivity index (χ1v) is 24.9. The van der Waals surface area contributed by atoms with E-state index in [-0.39, 0.29) is 60.3 Å². The number of carbonyl (C=O) groups is 3. The van der Waals surface area contributed by atoms with Gasteiger partial charge in [0.2, 0.25) is 11.8 Å². The highest BCUT2D eigenvalue weighted by atomic mass is 32.1. The summed E-state index contributed by atoms with van der Waals surface area (Å²) in [6.07, 6.45) is 4.11. The quantitative estimate of drug-likeness (QED) is 0.136. The lowest BCUT2D eigenvalue weighted by atomic mass is 9.91. The summed E-state index contributed by atoms with van der Waals surface area (Å²) < 4.78 is 27.1. The molecule has 2 aliphatic carbocycles. The van der Waals surface area contributed by atoms with Crippen LogP contribution < -0.4 is 21.3 Å². The van der Waals surface area contributed by atoms with Crippen LogP contribution >= 0.6 is 11.3 Å². The molecule has 16 heteroatoms. The van der Waals surface area contributed by atoms with Gasteiger partial charge in [-0.25, -0.2) is 4.98 Å². The van der Waals surface area contributed by atoms with Crippen molar-refractivity contribution >= 4 is 45.7 Å². The number of aromatic nitrogens is 3. The van der Waals surface area contributed by atoms with Gasteiger partial charge in [0.25, 0.3) is 0 Å². The van der Waals surface area contributed by atoms with Crippen LogP contribution in [0.3, 0.4) is 0 Å². The first-order chi connectivity index (χ1) is 31.7. The molecule has 66 heavy (non-hydrogen) atoms. The van der Waals surface area contributed by atoms with Gasteiger partial charge in [0.1, 0.15) is 23.2 Å². The summed E-state index contributed by atoms with van der Waals surface area (Å²) in [6.45, 7) is 17.7.